The molecule has 0 saturated carbocycles. The summed E-state index contributed by atoms with van der Waals surface area (Å²) in [5, 5.41) is 12.9. The van der Waals surface area contributed by atoms with E-state index in [4.69, 9.17) is 4.74 Å². The van der Waals surface area contributed by atoms with Gasteiger partial charge >= 0.3 is 0 Å². The highest BCUT2D eigenvalue weighted by atomic mass is 16.5. The monoisotopic (exact) mass is 294 g/mol. The van der Waals surface area contributed by atoms with Crippen molar-refractivity contribution < 1.29 is 14.6 Å². The molecule has 0 spiro atoms. The zero-order valence-electron chi connectivity index (χ0n) is 13.6. The quantitative estimate of drug-likeness (QED) is 0.787. The van der Waals surface area contributed by atoms with E-state index >= 15 is 0 Å². The Morgan fingerprint density at radius 1 is 1.43 bits per heavy atom. The first-order chi connectivity index (χ1) is 9.73. The second-order valence-electron chi connectivity index (χ2n) is 6.00. The lowest BCUT2D eigenvalue weighted by Crippen LogP contribution is -2.47. The number of likely N-dealkylation sites (N-methyl/N-ethyl adjacent to an activating group) is 1. The molecular weight excluding hydrogens is 268 g/mol. The molecule has 21 heavy (non-hydrogen) atoms. The van der Waals surface area contributed by atoms with E-state index in [1.165, 1.54) is 0 Å². The molecule has 5 heteroatoms. The SMILES string of the molecule is COc1ccc(C)cc1CC(=O)NCC(C)(O)CN(C)C. The molecule has 0 bridgehead atoms. The minimum atomic E-state index is -0.949. The lowest BCUT2D eigenvalue weighted by Gasteiger charge is -2.27. The Balaban J connectivity index is 2.60. The first-order valence-corrected chi connectivity index (χ1v) is 7.01. The first-order valence-electron chi connectivity index (χ1n) is 7.01. The second-order valence-corrected chi connectivity index (χ2v) is 6.00. The summed E-state index contributed by atoms with van der Waals surface area (Å²) in [5.74, 6) is 0.578. The number of carbonyl (C=O) groups is 1. The fourth-order valence-electron chi connectivity index (χ4n) is 2.31. The molecular formula is C16H26N2O3. The largest absolute Gasteiger partial charge is 0.496 e. The van der Waals surface area contributed by atoms with Crippen LogP contribution in [0.3, 0.4) is 0 Å². The van der Waals surface area contributed by atoms with E-state index in [1.54, 1.807) is 14.0 Å². The lowest BCUT2D eigenvalue weighted by atomic mass is 10.1. The third-order valence-electron chi connectivity index (χ3n) is 3.11. The standard InChI is InChI=1S/C16H26N2O3/c1-12-6-7-14(21-5)13(8-12)9-15(19)17-10-16(2,20)11-18(3)4/h6-8,20H,9-11H2,1-5H3,(H,17,19). The van der Waals surface area contributed by atoms with Crippen LogP contribution in [0.4, 0.5) is 0 Å². The van der Waals surface area contributed by atoms with Gasteiger partial charge in [0.2, 0.25) is 5.91 Å². The molecule has 5 nitrogen and oxygen atoms in total. The summed E-state index contributed by atoms with van der Waals surface area (Å²) in [7, 11) is 5.36. The molecule has 0 aliphatic carbocycles. The number of carbonyl (C=O) groups excluding carboxylic acids is 1. The number of nitrogens with one attached hydrogen (secondary N) is 1. The van der Waals surface area contributed by atoms with Crippen LogP contribution in [0.1, 0.15) is 18.1 Å². The number of rotatable bonds is 7. The molecule has 0 fully saturated rings. The van der Waals surface area contributed by atoms with Gasteiger partial charge in [0.1, 0.15) is 5.75 Å². The molecule has 0 heterocycles. The molecule has 0 saturated heterocycles. The van der Waals surface area contributed by atoms with Crippen molar-refractivity contribution in [2.45, 2.75) is 25.9 Å². The molecule has 1 aromatic rings. The average molecular weight is 294 g/mol. The van der Waals surface area contributed by atoms with Gasteiger partial charge in [-0.3, -0.25) is 4.79 Å². The van der Waals surface area contributed by atoms with Crippen LogP contribution in [0.15, 0.2) is 18.2 Å². The summed E-state index contributed by atoms with van der Waals surface area (Å²) in [4.78, 5) is 13.9. The first kappa shape index (κ1) is 17.5. The summed E-state index contributed by atoms with van der Waals surface area (Å²) < 4.78 is 5.26. The van der Waals surface area contributed by atoms with Crippen molar-refractivity contribution in [3.8, 4) is 5.75 Å². The Morgan fingerprint density at radius 3 is 2.67 bits per heavy atom. The van der Waals surface area contributed by atoms with Gasteiger partial charge in [-0.15, -0.1) is 0 Å². The number of aryl methyl sites for hydroxylation is 1. The molecule has 0 aliphatic heterocycles. The van der Waals surface area contributed by atoms with E-state index in [-0.39, 0.29) is 18.9 Å². The lowest BCUT2D eigenvalue weighted by molar-refractivity contribution is -0.121. The van der Waals surface area contributed by atoms with Crippen LogP contribution in [0.5, 0.6) is 5.75 Å². The van der Waals surface area contributed by atoms with Crippen LogP contribution in [0.25, 0.3) is 0 Å². The van der Waals surface area contributed by atoms with Crippen LogP contribution in [0.2, 0.25) is 0 Å². The highest BCUT2D eigenvalue weighted by Crippen LogP contribution is 2.20. The van der Waals surface area contributed by atoms with Crippen LogP contribution in [-0.2, 0) is 11.2 Å². The molecule has 0 aliphatic rings. The van der Waals surface area contributed by atoms with Gasteiger partial charge in [-0.1, -0.05) is 17.7 Å². The van der Waals surface area contributed by atoms with Crippen LogP contribution in [0, 0.1) is 6.92 Å². The number of hydrogen-bond donors (Lipinski definition) is 2. The minimum absolute atomic E-state index is 0.127. The number of nitrogens with zero attached hydrogens (tertiary/aromatic N) is 1. The summed E-state index contributed by atoms with van der Waals surface area (Å²) in [5.41, 5.74) is 0.982. The maximum atomic E-state index is 12.0. The van der Waals surface area contributed by atoms with Gasteiger partial charge in [-0.2, -0.15) is 0 Å². The van der Waals surface area contributed by atoms with Gasteiger partial charge in [0, 0.05) is 18.7 Å². The van der Waals surface area contributed by atoms with Crippen LogP contribution >= 0.6 is 0 Å². The maximum Gasteiger partial charge on any atom is 0.224 e. The Hall–Kier alpha value is -1.59. The summed E-state index contributed by atoms with van der Waals surface area (Å²) >= 11 is 0. The Labute approximate surface area is 126 Å². The fraction of sp³-hybridized carbons (Fsp3) is 0.562. The average Bonchev–Trinajstić information content (AvgIpc) is 2.35. The predicted molar refractivity (Wildman–Crippen MR) is 83.6 cm³/mol. The van der Waals surface area contributed by atoms with Gasteiger partial charge in [-0.05, 0) is 34.0 Å². The Morgan fingerprint density at radius 2 is 2.10 bits per heavy atom. The van der Waals surface area contributed by atoms with Gasteiger partial charge in [-0.25, -0.2) is 0 Å². The summed E-state index contributed by atoms with van der Waals surface area (Å²) in [6, 6.07) is 5.75. The summed E-state index contributed by atoms with van der Waals surface area (Å²) in [6.45, 7) is 4.39. The van der Waals surface area contributed by atoms with Crippen molar-refractivity contribution >= 4 is 5.91 Å². The van der Waals surface area contributed by atoms with E-state index in [2.05, 4.69) is 5.32 Å². The van der Waals surface area contributed by atoms with E-state index in [0.29, 0.717) is 12.3 Å². The van der Waals surface area contributed by atoms with Crippen LogP contribution < -0.4 is 10.1 Å². The molecule has 1 atom stereocenters. The number of methoxy groups -OCH3 is 1. The van der Waals surface area contributed by atoms with Crippen molar-refractivity contribution in [1.29, 1.82) is 0 Å². The molecule has 1 rings (SSSR count). The van der Waals surface area contributed by atoms with Crippen molar-refractivity contribution in [2.24, 2.45) is 0 Å². The van der Waals surface area contributed by atoms with Gasteiger partial charge < -0.3 is 20.1 Å². The third-order valence-corrected chi connectivity index (χ3v) is 3.11. The molecule has 2 N–H and O–H groups in total. The Bertz CT molecular complexity index is 484. The van der Waals surface area contributed by atoms with Crippen molar-refractivity contribution in [2.75, 3.05) is 34.3 Å². The number of aliphatic hydroxyl groups is 1. The third kappa shape index (κ3) is 6.14. The van der Waals surface area contributed by atoms with Crippen molar-refractivity contribution in [3.05, 3.63) is 29.3 Å². The zero-order valence-corrected chi connectivity index (χ0v) is 13.6. The van der Waals surface area contributed by atoms with Crippen molar-refractivity contribution in [1.82, 2.24) is 10.2 Å². The molecule has 0 aromatic heterocycles. The highest BCUT2D eigenvalue weighted by molar-refractivity contribution is 5.79. The highest BCUT2D eigenvalue weighted by Gasteiger charge is 2.22. The van der Waals surface area contributed by atoms with Crippen molar-refractivity contribution in [3.63, 3.8) is 0 Å². The molecule has 1 aromatic carbocycles. The topological polar surface area (TPSA) is 61.8 Å². The number of hydrogen-bond acceptors (Lipinski definition) is 4. The fourth-order valence-corrected chi connectivity index (χ4v) is 2.31. The molecule has 0 radical (unpaired) electrons. The van der Waals surface area contributed by atoms with Gasteiger partial charge in [0.15, 0.2) is 0 Å². The van der Waals surface area contributed by atoms with E-state index < -0.39 is 5.60 Å². The number of amides is 1. The second kappa shape index (κ2) is 7.43. The van der Waals surface area contributed by atoms with E-state index in [1.807, 2.05) is 44.1 Å². The maximum absolute atomic E-state index is 12.0. The zero-order chi connectivity index (χ0) is 16.0. The van der Waals surface area contributed by atoms with Crippen LogP contribution in [-0.4, -0.2) is 55.8 Å². The smallest absolute Gasteiger partial charge is 0.224 e. The normalized spacial score (nSPS) is 13.9. The molecule has 118 valence electrons. The minimum Gasteiger partial charge on any atom is -0.496 e. The molecule has 1 amide bonds. The number of benzene rings is 1. The number of ether oxygens (including phenoxy) is 1. The molecule has 1 unspecified atom stereocenters. The predicted octanol–water partition coefficient (Wildman–Crippen LogP) is 0.975. The van der Waals surface area contributed by atoms with E-state index in [0.717, 1.165) is 11.1 Å². The van der Waals surface area contributed by atoms with E-state index in [9.17, 15) is 9.90 Å². The van der Waals surface area contributed by atoms with Gasteiger partial charge in [0.25, 0.3) is 0 Å². The Kier molecular flexibility index (Phi) is 6.18. The summed E-state index contributed by atoms with van der Waals surface area (Å²) in [6.07, 6.45) is 0.239. The van der Waals surface area contributed by atoms with Gasteiger partial charge in [0.05, 0.1) is 19.1 Å².